The maximum Gasteiger partial charge on any atom is 0.275 e. The van der Waals surface area contributed by atoms with E-state index in [-0.39, 0.29) is 12.0 Å². The largest absolute Gasteiger partial charge is 0.384 e. The van der Waals surface area contributed by atoms with E-state index in [9.17, 15) is 8.78 Å². The van der Waals surface area contributed by atoms with Gasteiger partial charge >= 0.3 is 0 Å². The molecule has 0 fully saturated rings. The Morgan fingerprint density at radius 3 is 2.93 bits per heavy atom. The second-order valence-electron chi connectivity index (χ2n) is 3.73. The highest BCUT2D eigenvalue weighted by Gasteiger charge is 2.35. The fourth-order valence-electron chi connectivity index (χ4n) is 1.87. The van der Waals surface area contributed by atoms with Crippen LogP contribution in [0.1, 0.15) is 24.0 Å². The number of para-hydroxylation sites is 1. The van der Waals surface area contributed by atoms with Gasteiger partial charge in [-0.05, 0) is 18.9 Å². The zero-order chi connectivity index (χ0) is 10.2. The minimum Gasteiger partial charge on any atom is -0.384 e. The smallest absolute Gasteiger partial charge is 0.275 e. The molecule has 1 aromatic carbocycles. The van der Waals surface area contributed by atoms with E-state index in [0.717, 1.165) is 5.56 Å². The lowest BCUT2D eigenvalue weighted by molar-refractivity contribution is -0.0121. The maximum absolute atomic E-state index is 13.6. The Balaban J connectivity index is 2.56. The number of fused-ring (bicyclic) bond motifs is 1. The highest BCUT2D eigenvalue weighted by molar-refractivity contribution is 5.59. The van der Waals surface area contributed by atoms with Crippen LogP contribution >= 0.6 is 0 Å². The van der Waals surface area contributed by atoms with Crippen molar-refractivity contribution in [1.29, 1.82) is 0 Å². The SMILES string of the molecule is Cc1cccc2c1NCCCC2(F)F. The van der Waals surface area contributed by atoms with Gasteiger partial charge < -0.3 is 5.32 Å². The molecule has 0 saturated carbocycles. The van der Waals surface area contributed by atoms with Gasteiger partial charge in [0.2, 0.25) is 0 Å². The third-order valence-electron chi connectivity index (χ3n) is 2.64. The van der Waals surface area contributed by atoms with Crippen molar-refractivity contribution < 1.29 is 8.78 Å². The minimum atomic E-state index is -2.68. The summed E-state index contributed by atoms with van der Waals surface area (Å²) in [6.45, 7) is 2.49. The Bertz CT molecular complexity index is 347. The maximum atomic E-state index is 13.6. The van der Waals surface area contributed by atoms with Crippen molar-refractivity contribution in [2.45, 2.75) is 25.7 Å². The number of halogens is 2. The van der Waals surface area contributed by atoms with E-state index in [2.05, 4.69) is 5.32 Å². The number of hydrogen-bond acceptors (Lipinski definition) is 1. The first-order chi connectivity index (χ1) is 6.61. The lowest BCUT2D eigenvalue weighted by Gasteiger charge is -2.17. The molecule has 1 aromatic rings. The van der Waals surface area contributed by atoms with Crippen LogP contribution in [0.25, 0.3) is 0 Å². The molecular weight excluding hydrogens is 184 g/mol. The van der Waals surface area contributed by atoms with E-state index < -0.39 is 5.92 Å². The summed E-state index contributed by atoms with van der Waals surface area (Å²) in [4.78, 5) is 0. The van der Waals surface area contributed by atoms with Crippen LogP contribution in [0.5, 0.6) is 0 Å². The average molecular weight is 197 g/mol. The summed E-state index contributed by atoms with van der Waals surface area (Å²) in [6, 6.07) is 5.06. The molecule has 76 valence electrons. The van der Waals surface area contributed by atoms with Crippen molar-refractivity contribution >= 4 is 5.69 Å². The normalized spacial score (nSPS) is 19.4. The van der Waals surface area contributed by atoms with Crippen molar-refractivity contribution in [2.24, 2.45) is 0 Å². The molecule has 1 aliphatic heterocycles. The average Bonchev–Trinajstić information content (AvgIpc) is 2.27. The highest BCUT2D eigenvalue weighted by Crippen LogP contribution is 2.40. The van der Waals surface area contributed by atoms with Crippen LogP contribution in [-0.4, -0.2) is 6.54 Å². The molecule has 0 radical (unpaired) electrons. The molecule has 0 atom stereocenters. The van der Waals surface area contributed by atoms with E-state index in [1.165, 1.54) is 6.07 Å². The lowest BCUT2D eigenvalue weighted by atomic mass is 10.0. The first-order valence-electron chi connectivity index (χ1n) is 4.83. The molecule has 1 nitrogen and oxygen atoms in total. The third-order valence-corrected chi connectivity index (χ3v) is 2.64. The first-order valence-corrected chi connectivity index (χ1v) is 4.83. The summed E-state index contributed by atoms with van der Waals surface area (Å²) in [7, 11) is 0. The van der Waals surface area contributed by atoms with E-state index in [4.69, 9.17) is 0 Å². The Labute approximate surface area is 82.1 Å². The van der Waals surface area contributed by atoms with Crippen molar-refractivity contribution in [1.82, 2.24) is 0 Å². The van der Waals surface area contributed by atoms with Gasteiger partial charge in [0.15, 0.2) is 0 Å². The molecule has 0 amide bonds. The number of aryl methyl sites for hydroxylation is 1. The Morgan fingerprint density at radius 2 is 2.14 bits per heavy atom. The monoisotopic (exact) mass is 197 g/mol. The molecule has 0 aromatic heterocycles. The van der Waals surface area contributed by atoms with Gasteiger partial charge in [0.1, 0.15) is 0 Å². The quantitative estimate of drug-likeness (QED) is 0.673. The van der Waals surface area contributed by atoms with E-state index in [0.29, 0.717) is 18.7 Å². The summed E-state index contributed by atoms with van der Waals surface area (Å²) in [6.07, 6.45) is 0.456. The van der Waals surface area contributed by atoms with E-state index in [1.54, 1.807) is 6.07 Å². The van der Waals surface area contributed by atoms with Gasteiger partial charge in [0.25, 0.3) is 5.92 Å². The van der Waals surface area contributed by atoms with Crippen LogP contribution in [0, 0.1) is 6.92 Å². The molecule has 0 aliphatic carbocycles. The molecule has 14 heavy (non-hydrogen) atoms. The summed E-state index contributed by atoms with van der Waals surface area (Å²) in [5.74, 6) is -2.68. The van der Waals surface area contributed by atoms with Gasteiger partial charge in [-0.2, -0.15) is 0 Å². The van der Waals surface area contributed by atoms with Crippen LogP contribution in [0.15, 0.2) is 18.2 Å². The second kappa shape index (κ2) is 3.23. The molecule has 1 heterocycles. The Hall–Kier alpha value is -1.12. The molecule has 1 N–H and O–H groups in total. The van der Waals surface area contributed by atoms with Gasteiger partial charge in [0.05, 0.1) is 0 Å². The molecule has 3 heteroatoms. The van der Waals surface area contributed by atoms with Crippen molar-refractivity contribution in [2.75, 3.05) is 11.9 Å². The molecule has 0 unspecified atom stereocenters. The predicted molar refractivity (Wildman–Crippen MR) is 52.8 cm³/mol. The number of hydrogen-bond donors (Lipinski definition) is 1. The van der Waals surface area contributed by atoms with Crippen LogP contribution in [0.2, 0.25) is 0 Å². The minimum absolute atomic E-state index is 0.0591. The van der Waals surface area contributed by atoms with Gasteiger partial charge in [-0.1, -0.05) is 18.2 Å². The van der Waals surface area contributed by atoms with Crippen LogP contribution in [0.4, 0.5) is 14.5 Å². The van der Waals surface area contributed by atoms with Crippen LogP contribution < -0.4 is 5.32 Å². The van der Waals surface area contributed by atoms with Crippen molar-refractivity contribution in [3.05, 3.63) is 29.3 Å². The van der Waals surface area contributed by atoms with Gasteiger partial charge in [0, 0.05) is 24.2 Å². The molecule has 0 spiro atoms. The standard InChI is InChI=1S/C11H13F2N/c1-8-4-2-5-9-10(8)14-7-3-6-11(9,12)13/h2,4-5,14H,3,6-7H2,1H3. The molecule has 2 rings (SSSR count). The Morgan fingerprint density at radius 1 is 1.36 bits per heavy atom. The molecule has 1 aliphatic rings. The van der Waals surface area contributed by atoms with Crippen molar-refractivity contribution in [3.63, 3.8) is 0 Å². The second-order valence-corrected chi connectivity index (χ2v) is 3.73. The van der Waals surface area contributed by atoms with Gasteiger partial charge in [-0.15, -0.1) is 0 Å². The van der Waals surface area contributed by atoms with E-state index in [1.807, 2.05) is 13.0 Å². The summed E-state index contributed by atoms with van der Waals surface area (Å²) in [5.41, 5.74) is 1.66. The third kappa shape index (κ3) is 1.47. The number of benzene rings is 1. The number of anilines is 1. The van der Waals surface area contributed by atoms with E-state index >= 15 is 0 Å². The van der Waals surface area contributed by atoms with Gasteiger partial charge in [-0.25, -0.2) is 8.78 Å². The van der Waals surface area contributed by atoms with Crippen LogP contribution in [-0.2, 0) is 5.92 Å². The molecule has 0 saturated heterocycles. The highest BCUT2D eigenvalue weighted by atomic mass is 19.3. The molecular formula is C11H13F2N. The number of nitrogens with one attached hydrogen (secondary N) is 1. The Kier molecular flexibility index (Phi) is 2.17. The summed E-state index contributed by atoms with van der Waals surface area (Å²) < 4.78 is 27.2. The topological polar surface area (TPSA) is 12.0 Å². The predicted octanol–water partition coefficient (Wildman–Crippen LogP) is 3.29. The fraction of sp³-hybridized carbons (Fsp3) is 0.455. The first kappa shape index (κ1) is 9.44. The van der Waals surface area contributed by atoms with Gasteiger partial charge in [-0.3, -0.25) is 0 Å². The van der Waals surface area contributed by atoms with Crippen LogP contribution in [0.3, 0.4) is 0 Å². The van der Waals surface area contributed by atoms with Crippen molar-refractivity contribution in [3.8, 4) is 0 Å². The zero-order valence-corrected chi connectivity index (χ0v) is 8.11. The summed E-state index contributed by atoms with van der Waals surface area (Å²) >= 11 is 0. The molecule has 0 bridgehead atoms. The number of rotatable bonds is 0. The number of alkyl halides is 2. The zero-order valence-electron chi connectivity index (χ0n) is 8.11. The fourth-order valence-corrected chi connectivity index (χ4v) is 1.87. The summed E-state index contributed by atoms with van der Waals surface area (Å²) in [5, 5.41) is 3.07. The lowest BCUT2D eigenvalue weighted by Crippen LogP contribution is -2.12.